The Morgan fingerprint density at radius 3 is 2.61 bits per heavy atom. The van der Waals surface area contributed by atoms with Crippen LogP contribution in [0.3, 0.4) is 0 Å². The maximum absolute atomic E-state index is 13.3. The monoisotopic (exact) mass is 260 g/mol. The minimum atomic E-state index is -1.39. The molecule has 0 heterocycles. The molecule has 0 aliphatic rings. The summed E-state index contributed by atoms with van der Waals surface area (Å²) in [7, 11) is 0. The van der Waals surface area contributed by atoms with Crippen LogP contribution in [0.1, 0.15) is 11.7 Å². The van der Waals surface area contributed by atoms with Gasteiger partial charge in [0.2, 0.25) is 5.91 Å². The predicted octanol–water partition coefficient (Wildman–Crippen LogP) is -0.566. The molecule has 18 heavy (non-hydrogen) atoms. The van der Waals surface area contributed by atoms with Gasteiger partial charge in [0, 0.05) is 18.7 Å². The lowest BCUT2D eigenvalue weighted by molar-refractivity contribution is -0.125. The first-order valence-electron chi connectivity index (χ1n) is 5.23. The summed E-state index contributed by atoms with van der Waals surface area (Å²) in [6, 6.07) is 2.73. The van der Waals surface area contributed by atoms with Gasteiger partial charge in [0.1, 0.15) is 17.7 Å². The van der Waals surface area contributed by atoms with E-state index in [1.165, 1.54) is 0 Å². The Bertz CT molecular complexity index is 429. The van der Waals surface area contributed by atoms with Crippen LogP contribution >= 0.6 is 0 Å². The fourth-order valence-electron chi connectivity index (χ4n) is 1.34. The lowest BCUT2D eigenvalue weighted by atomic mass is 10.1. The fourth-order valence-corrected chi connectivity index (χ4v) is 1.34. The van der Waals surface area contributed by atoms with Gasteiger partial charge in [0.15, 0.2) is 0 Å². The summed E-state index contributed by atoms with van der Waals surface area (Å²) in [6.45, 7) is -0.325. The number of primary amides is 1. The molecule has 0 spiro atoms. The van der Waals surface area contributed by atoms with Crippen LogP contribution < -0.4 is 11.1 Å². The van der Waals surface area contributed by atoms with Crippen LogP contribution in [-0.4, -0.2) is 35.3 Å². The third kappa shape index (κ3) is 4.02. The van der Waals surface area contributed by atoms with Crippen LogP contribution in [0.4, 0.5) is 8.78 Å². The van der Waals surface area contributed by atoms with E-state index in [2.05, 4.69) is 5.32 Å². The molecule has 7 heteroatoms. The van der Waals surface area contributed by atoms with Crippen molar-refractivity contribution in [2.45, 2.75) is 12.2 Å². The molecule has 0 aromatic heterocycles. The van der Waals surface area contributed by atoms with Gasteiger partial charge >= 0.3 is 0 Å². The molecule has 1 aromatic rings. The summed E-state index contributed by atoms with van der Waals surface area (Å²) < 4.78 is 26.1. The number of aliphatic hydroxyl groups excluding tert-OH is 2. The Labute approximate surface area is 102 Å². The number of halogens is 2. The summed E-state index contributed by atoms with van der Waals surface area (Å²) in [5, 5.41) is 21.2. The van der Waals surface area contributed by atoms with E-state index in [0.29, 0.717) is 0 Å². The molecule has 5 nitrogen and oxygen atoms in total. The maximum atomic E-state index is 13.3. The molecule has 0 aliphatic heterocycles. The molecule has 5 N–H and O–H groups in total. The molecule has 0 saturated heterocycles. The van der Waals surface area contributed by atoms with E-state index in [0.717, 1.165) is 18.2 Å². The molecule has 100 valence electrons. The summed E-state index contributed by atoms with van der Waals surface area (Å²) in [5.41, 5.74) is 4.61. The van der Waals surface area contributed by atoms with Gasteiger partial charge in [-0.2, -0.15) is 0 Å². The smallest absolute Gasteiger partial charge is 0.247 e. The zero-order chi connectivity index (χ0) is 13.7. The Morgan fingerprint density at radius 1 is 1.33 bits per heavy atom. The van der Waals surface area contributed by atoms with Crippen molar-refractivity contribution in [2.24, 2.45) is 5.73 Å². The number of hydrogen-bond acceptors (Lipinski definition) is 4. The number of carbonyl (C=O) groups excluding carboxylic acids is 1. The Kier molecular flexibility index (Phi) is 5.14. The van der Waals surface area contributed by atoms with Crippen molar-refractivity contribution in [1.82, 2.24) is 5.32 Å². The molecule has 1 amide bonds. The summed E-state index contributed by atoms with van der Waals surface area (Å²) >= 11 is 0. The van der Waals surface area contributed by atoms with Gasteiger partial charge in [-0.15, -0.1) is 0 Å². The summed E-state index contributed by atoms with van der Waals surface area (Å²) in [6.07, 6.45) is -2.68. The molecule has 0 radical (unpaired) electrons. The largest absolute Gasteiger partial charge is 0.387 e. The zero-order valence-electron chi connectivity index (χ0n) is 9.44. The van der Waals surface area contributed by atoms with E-state index in [1.54, 1.807) is 0 Å². The molecular formula is C11H14F2N2O3. The minimum absolute atomic E-state index is 0.148. The predicted molar refractivity (Wildman–Crippen MR) is 59.4 cm³/mol. The first-order valence-corrected chi connectivity index (χ1v) is 5.23. The van der Waals surface area contributed by atoms with Crippen LogP contribution in [0.15, 0.2) is 18.2 Å². The van der Waals surface area contributed by atoms with Crippen molar-refractivity contribution < 1.29 is 23.8 Å². The summed E-state index contributed by atoms with van der Waals surface area (Å²) in [5.74, 6) is -2.31. The van der Waals surface area contributed by atoms with Crippen LogP contribution in [0.2, 0.25) is 0 Å². The quantitative estimate of drug-likeness (QED) is 0.551. The number of aliphatic hydroxyl groups is 2. The van der Waals surface area contributed by atoms with Crippen LogP contribution in [0.5, 0.6) is 0 Å². The average molecular weight is 260 g/mol. The Hall–Kier alpha value is -1.57. The summed E-state index contributed by atoms with van der Waals surface area (Å²) in [4.78, 5) is 10.5. The Balaban J connectivity index is 2.52. The fraction of sp³-hybridized carbons (Fsp3) is 0.364. The molecule has 0 bridgehead atoms. The normalized spacial score (nSPS) is 14.2. The minimum Gasteiger partial charge on any atom is -0.387 e. The van der Waals surface area contributed by atoms with Gasteiger partial charge in [0.25, 0.3) is 0 Å². The number of nitrogens with two attached hydrogens (primary N) is 1. The Morgan fingerprint density at radius 2 is 2.00 bits per heavy atom. The number of amides is 1. The number of carbonyl (C=O) groups is 1. The van der Waals surface area contributed by atoms with Gasteiger partial charge in [-0.05, 0) is 18.2 Å². The molecule has 1 aromatic carbocycles. The second-order valence-electron chi connectivity index (χ2n) is 3.76. The molecule has 0 saturated carbocycles. The van der Waals surface area contributed by atoms with Crippen LogP contribution in [-0.2, 0) is 4.79 Å². The van der Waals surface area contributed by atoms with Crippen molar-refractivity contribution in [3.05, 3.63) is 35.4 Å². The van der Waals surface area contributed by atoms with Gasteiger partial charge in [0.05, 0.1) is 6.10 Å². The SMILES string of the molecule is NC(=O)C(O)CNCC(O)c1cc(F)ccc1F. The average Bonchev–Trinajstić information content (AvgIpc) is 2.31. The van der Waals surface area contributed by atoms with Gasteiger partial charge in [-0.3, -0.25) is 4.79 Å². The van der Waals surface area contributed by atoms with Gasteiger partial charge in [-0.25, -0.2) is 8.78 Å². The van der Waals surface area contributed by atoms with Gasteiger partial charge in [-0.1, -0.05) is 0 Å². The molecule has 1 rings (SSSR count). The third-order valence-corrected chi connectivity index (χ3v) is 2.32. The highest BCUT2D eigenvalue weighted by molar-refractivity contribution is 5.78. The third-order valence-electron chi connectivity index (χ3n) is 2.32. The lowest BCUT2D eigenvalue weighted by Crippen LogP contribution is -2.39. The van der Waals surface area contributed by atoms with Crippen LogP contribution in [0, 0.1) is 11.6 Å². The van der Waals surface area contributed by atoms with Gasteiger partial charge < -0.3 is 21.3 Å². The van der Waals surface area contributed by atoms with E-state index in [4.69, 9.17) is 10.8 Å². The molecule has 2 atom stereocenters. The highest BCUT2D eigenvalue weighted by Gasteiger charge is 2.15. The van der Waals surface area contributed by atoms with E-state index in [-0.39, 0.29) is 18.7 Å². The first-order chi connectivity index (χ1) is 8.41. The first kappa shape index (κ1) is 14.5. The second kappa shape index (κ2) is 6.39. The lowest BCUT2D eigenvalue weighted by Gasteiger charge is -2.14. The highest BCUT2D eigenvalue weighted by Crippen LogP contribution is 2.17. The van der Waals surface area contributed by atoms with Crippen molar-refractivity contribution in [3.8, 4) is 0 Å². The highest BCUT2D eigenvalue weighted by atomic mass is 19.1. The van der Waals surface area contributed by atoms with Crippen molar-refractivity contribution in [1.29, 1.82) is 0 Å². The topological polar surface area (TPSA) is 95.6 Å². The number of nitrogens with one attached hydrogen (secondary N) is 1. The molecule has 0 aliphatic carbocycles. The number of benzene rings is 1. The molecule has 2 unspecified atom stereocenters. The standard InChI is InChI=1S/C11H14F2N2O3/c12-6-1-2-8(13)7(3-6)9(16)4-15-5-10(17)11(14)18/h1-3,9-10,15-17H,4-5H2,(H2,14,18). The number of rotatable bonds is 6. The van der Waals surface area contributed by atoms with E-state index in [1.807, 2.05) is 0 Å². The van der Waals surface area contributed by atoms with Crippen molar-refractivity contribution >= 4 is 5.91 Å². The van der Waals surface area contributed by atoms with E-state index >= 15 is 0 Å². The van der Waals surface area contributed by atoms with Crippen molar-refractivity contribution in [2.75, 3.05) is 13.1 Å². The molecule has 0 fully saturated rings. The van der Waals surface area contributed by atoms with E-state index in [9.17, 15) is 18.7 Å². The zero-order valence-corrected chi connectivity index (χ0v) is 9.44. The molecular weight excluding hydrogens is 246 g/mol. The van der Waals surface area contributed by atoms with Crippen LogP contribution in [0.25, 0.3) is 0 Å². The maximum Gasteiger partial charge on any atom is 0.247 e. The number of hydrogen-bond donors (Lipinski definition) is 4. The van der Waals surface area contributed by atoms with Crippen molar-refractivity contribution in [3.63, 3.8) is 0 Å². The van der Waals surface area contributed by atoms with E-state index < -0.39 is 29.7 Å². The second-order valence-corrected chi connectivity index (χ2v) is 3.76.